The molecule has 0 amide bonds. The van der Waals surface area contributed by atoms with Crippen LogP contribution in [0.3, 0.4) is 0 Å². The van der Waals surface area contributed by atoms with Crippen LogP contribution in [0.15, 0.2) is 0 Å². The Morgan fingerprint density at radius 2 is 1.57 bits per heavy atom. The molecule has 0 bridgehead atoms. The Hall–Kier alpha value is -0.780. The highest BCUT2D eigenvalue weighted by Gasteiger charge is 2.41. The average Bonchev–Trinajstić information content (AvgIpc) is 2.18. The maximum atomic E-state index is 11.9. The number of ketones is 2. The molecule has 14 heavy (non-hydrogen) atoms. The van der Waals surface area contributed by atoms with Gasteiger partial charge in [0.1, 0.15) is 0 Å². The van der Waals surface area contributed by atoms with Gasteiger partial charge in [-0.1, -0.05) is 0 Å². The van der Waals surface area contributed by atoms with Gasteiger partial charge in [-0.3, -0.25) is 20.2 Å². The Labute approximate surface area is 84.6 Å². The van der Waals surface area contributed by atoms with Gasteiger partial charge in [0.2, 0.25) is 0 Å². The molecule has 0 aliphatic rings. The minimum atomic E-state index is -1.28. The van der Waals surface area contributed by atoms with Crippen molar-refractivity contribution >= 4 is 11.6 Å². The van der Waals surface area contributed by atoms with Crippen LogP contribution >= 0.6 is 0 Å². The normalized spacial score (nSPS) is 13.8. The molecule has 5 nitrogen and oxygen atoms in total. The number of nitrogens with one attached hydrogen (secondary N) is 3. The lowest BCUT2D eigenvalue weighted by Gasteiger charge is -2.31. The van der Waals surface area contributed by atoms with E-state index in [9.17, 15) is 9.59 Å². The third-order valence-corrected chi connectivity index (χ3v) is 2.47. The molecule has 0 aliphatic carbocycles. The molecule has 0 fully saturated rings. The van der Waals surface area contributed by atoms with Crippen LogP contribution in [0.1, 0.15) is 13.8 Å². The number of likely N-dealkylation sites (N-methyl/N-ethyl adjacent to an activating group) is 3. The highest BCUT2D eigenvalue weighted by Crippen LogP contribution is 2.05. The molecule has 0 heterocycles. The van der Waals surface area contributed by atoms with Crippen LogP contribution in [0.4, 0.5) is 0 Å². The molecule has 0 aromatic heterocycles. The summed E-state index contributed by atoms with van der Waals surface area (Å²) >= 11 is 0. The summed E-state index contributed by atoms with van der Waals surface area (Å²) in [6.45, 7) is 3.10. The summed E-state index contributed by atoms with van der Waals surface area (Å²) in [7, 11) is 4.84. The monoisotopic (exact) mass is 201 g/mol. The summed E-state index contributed by atoms with van der Waals surface area (Å²) in [5.41, 5.74) is -1.28. The Morgan fingerprint density at radius 1 is 1.14 bits per heavy atom. The van der Waals surface area contributed by atoms with Crippen molar-refractivity contribution in [3.63, 3.8) is 0 Å². The van der Waals surface area contributed by atoms with Crippen molar-refractivity contribution in [2.75, 3.05) is 21.1 Å². The summed E-state index contributed by atoms with van der Waals surface area (Å²) < 4.78 is 0. The molecule has 0 aromatic rings. The molecule has 0 spiro atoms. The smallest absolute Gasteiger partial charge is 0.191 e. The Balaban J connectivity index is 4.99. The van der Waals surface area contributed by atoms with Gasteiger partial charge in [-0.05, 0) is 35.0 Å². The zero-order chi connectivity index (χ0) is 11.4. The van der Waals surface area contributed by atoms with E-state index < -0.39 is 5.66 Å². The van der Waals surface area contributed by atoms with Crippen molar-refractivity contribution < 1.29 is 9.59 Å². The first-order valence-corrected chi connectivity index (χ1v) is 4.56. The van der Waals surface area contributed by atoms with Crippen molar-refractivity contribution in [1.82, 2.24) is 16.0 Å². The maximum absolute atomic E-state index is 11.9. The fourth-order valence-corrected chi connectivity index (χ4v) is 1.35. The highest BCUT2D eigenvalue weighted by molar-refractivity contribution is 6.12. The van der Waals surface area contributed by atoms with E-state index in [1.54, 1.807) is 28.1 Å². The van der Waals surface area contributed by atoms with Crippen molar-refractivity contribution in [1.29, 1.82) is 0 Å². The zero-order valence-corrected chi connectivity index (χ0v) is 9.39. The first-order valence-electron chi connectivity index (χ1n) is 4.56. The van der Waals surface area contributed by atoms with E-state index in [1.807, 2.05) is 0 Å². The fourth-order valence-electron chi connectivity index (χ4n) is 1.35. The molecule has 0 radical (unpaired) electrons. The number of rotatable bonds is 6. The summed E-state index contributed by atoms with van der Waals surface area (Å²) in [4.78, 5) is 23.3. The maximum Gasteiger partial charge on any atom is 0.191 e. The van der Waals surface area contributed by atoms with Gasteiger partial charge in [-0.25, -0.2) is 0 Å². The van der Waals surface area contributed by atoms with E-state index in [0.29, 0.717) is 0 Å². The van der Waals surface area contributed by atoms with Crippen molar-refractivity contribution in [2.24, 2.45) is 0 Å². The lowest BCUT2D eigenvalue weighted by atomic mass is 9.95. The van der Waals surface area contributed by atoms with Gasteiger partial charge >= 0.3 is 0 Å². The molecule has 0 saturated carbocycles. The Morgan fingerprint density at radius 3 is 1.79 bits per heavy atom. The predicted molar refractivity (Wildman–Crippen MR) is 55.1 cm³/mol. The number of hydrogen-bond acceptors (Lipinski definition) is 5. The summed E-state index contributed by atoms with van der Waals surface area (Å²) in [6.07, 6.45) is 0. The largest absolute Gasteiger partial charge is 0.311 e. The zero-order valence-electron chi connectivity index (χ0n) is 9.39. The molecule has 0 rings (SSSR count). The first kappa shape index (κ1) is 13.2. The standard InChI is InChI=1S/C9H19N3O2/c1-6(10-3)8(14)9(11-4,12-5)7(2)13/h6,10-12H,1-5H3. The van der Waals surface area contributed by atoms with Gasteiger partial charge in [-0.2, -0.15) is 0 Å². The average molecular weight is 201 g/mol. The second-order valence-electron chi connectivity index (χ2n) is 3.18. The minimum Gasteiger partial charge on any atom is -0.311 e. The lowest BCUT2D eigenvalue weighted by Crippen LogP contribution is -2.68. The molecule has 0 saturated heterocycles. The topological polar surface area (TPSA) is 70.2 Å². The van der Waals surface area contributed by atoms with Crippen LogP contribution in [0.5, 0.6) is 0 Å². The molecule has 1 unspecified atom stereocenters. The van der Waals surface area contributed by atoms with Gasteiger partial charge in [-0.15, -0.1) is 0 Å². The Kier molecular flexibility index (Phi) is 4.90. The van der Waals surface area contributed by atoms with Crippen molar-refractivity contribution in [3.05, 3.63) is 0 Å². The van der Waals surface area contributed by atoms with E-state index in [4.69, 9.17) is 0 Å². The Bertz CT molecular complexity index is 224. The van der Waals surface area contributed by atoms with E-state index in [1.165, 1.54) is 6.92 Å². The quantitative estimate of drug-likeness (QED) is 0.375. The number of carbonyl (C=O) groups is 2. The summed E-state index contributed by atoms with van der Waals surface area (Å²) in [5.74, 6) is -0.452. The van der Waals surface area contributed by atoms with E-state index in [2.05, 4.69) is 16.0 Å². The fraction of sp³-hybridized carbons (Fsp3) is 0.778. The van der Waals surface area contributed by atoms with E-state index >= 15 is 0 Å². The van der Waals surface area contributed by atoms with Crippen molar-refractivity contribution in [3.8, 4) is 0 Å². The number of carbonyl (C=O) groups excluding carboxylic acids is 2. The number of Topliss-reactive ketones (excluding diaryl/α,β-unsaturated/α-hetero) is 2. The second kappa shape index (κ2) is 5.19. The molecule has 3 N–H and O–H groups in total. The predicted octanol–water partition coefficient (Wildman–Crippen LogP) is -1.11. The van der Waals surface area contributed by atoms with Crippen LogP contribution in [-0.2, 0) is 9.59 Å². The molecule has 0 aliphatic heterocycles. The first-order chi connectivity index (χ1) is 6.46. The van der Waals surface area contributed by atoms with Crippen LogP contribution < -0.4 is 16.0 Å². The third-order valence-electron chi connectivity index (χ3n) is 2.47. The summed E-state index contributed by atoms with van der Waals surface area (Å²) in [6, 6.07) is -0.376. The van der Waals surface area contributed by atoms with Crippen molar-refractivity contribution in [2.45, 2.75) is 25.6 Å². The number of hydrogen-bond donors (Lipinski definition) is 3. The molecule has 1 atom stereocenters. The highest BCUT2D eigenvalue weighted by atomic mass is 16.2. The lowest BCUT2D eigenvalue weighted by molar-refractivity contribution is -0.137. The van der Waals surface area contributed by atoms with Gasteiger partial charge in [0.05, 0.1) is 6.04 Å². The van der Waals surface area contributed by atoms with Gasteiger partial charge in [0.25, 0.3) is 0 Å². The summed E-state index contributed by atoms with van der Waals surface area (Å²) in [5, 5.41) is 8.27. The second-order valence-corrected chi connectivity index (χ2v) is 3.18. The van der Waals surface area contributed by atoms with Crippen LogP contribution in [0, 0.1) is 0 Å². The molecular weight excluding hydrogens is 182 g/mol. The molecule has 0 aromatic carbocycles. The SMILES string of the molecule is CNC(C)C(=O)C(NC)(NC)C(C)=O. The molecular formula is C9H19N3O2. The minimum absolute atomic E-state index is 0.211. The van der Waals surface area contributed by atoms with E-state index in [-0.39, 0.29) is 17.6 Å². The van der Waals surface area contributed by atoms with Crippen LogP contribution in [0.25, 0.3) is 0 Å². The van der Waals surface area contributed by atoms with Crippen LogP contribution in [-0.4, -0.2) is 44.4 Å². The van der Waals surface area contributed by atoms with E-state index in [0.717, 1.165) is 0 Å². The van der Waals surface area contributed by atoms with Gasteiger partial charge in [0, 0.05) is 0 Å². The third kappa shape index (κ3) is 2.17. The molecule has 82 valence electrons. The van der Waals surface area contributed by atoms with Crippen LogP contribution in [0.2, 0.25) is 0 Å². The molecule has 5 heteroatoms. The van der Waals surface area contributed by atoms with Gasteiger partial charge < -0.3 is 5.32 Å². The van der Waals surface area contributed by atoms with Gasteiger partial charge in [0.15, 0.2) is 17.2 Å².